The molecule has 0 fully saturated rings. The first-order chi connectivity index (χ1) is 14.4. The van der Waals surface area contributed by atoms with Crippen molar-refractivity contribution in [3.05, 3.63) is 81.1 Å². The summed E-state index contributed by atoms with van der Waals surface area (Å²) >= 11 is 0. The molecule has 0 aliphatic carbocycles. The second-order valence-electron chi connectivity index (χ2n) is 6.43. The van der Waals surface area contributed by atoms with Crippen molar-refractivity contribution in [2.45, 2.75) is 13.8 Å². The van der Waals surface area contributed by atoms with Crippen LogP contribution in [0.25, 0.3) is 6.08 Å². The number of anilines is 1. The molecular weight excluding hydrogens is 388 g/mol. The van der Waals surface area contributed by atoms with E-state index in [-0.39, 0.29) is 16.8 Å². The van der Waals surface area contributed by atoms with Crippen molar-refractivity contribution >= 4 is 29.3 Å². The Labute approximate surface area is 173 Å². The molecular formula is C22H20N2O6. The molecule has 0 aromatic heterocycles. The number of allylic oxidation sites excluding steroid dienone is 1. The third-order valence-corrected chi connectivity index (χ3v) is 4.61. The predicted molar refractivity (Wildman–Crippen MR) is 111 cm³/mol. The van der Waals surface area contributed by atoms with Crippen molar-refractivity contribution in [1.29, 1.82) is 0 Å². The molecule has 1 heterocycles. The number of ether oxygens (including phenoxy) is 2. The summed E-state index contributed by atoms with van der Waals surface area (Å²) in [6.07, 6.45) is 1.52. The lowest BCUT2D eigenvalue weighted by molar-refractivity contribution is -0.384. The van der Waals surface area contributed by atoms with Crippen LogP contribution in [0, 0.1) is 10.1 Å². The largest absolute Gasteiger partial charge is 0.494 e. The molecule has 0 saturated carbocycles. The Balaban J connectivity index is 2.04. The molecule has 1 aliphatic rings. The predicted octanol–water partition coefficient (Wildman–Crippen LogP) is 3.87. The number of nitro groups is 1. The van der Waals surface area contributed by atoms with Crippen molar-refractivity contribution < 1.29 is 24.0 Å². The highest BCUT2D eigenvalue weighted by Crippen LogP contribution is 2.36. The van der Waals surface area contributed by atoms with E-state index in [1.54, 1.807) is 31.2 Å². The standard InChI is InChI=1S/C22H20N2O6/c1-4-30-18-11-9-16(10-12-18)23-14(2)20(22(26)29-3)19(21(23)25)13-15-5-7-17(8-6-15)24(27)28/h5-13H,4H2,1-3H3/b19-13-. The van der Waals surface area contributed by atoms with Crippen LogP contribution in [0.1, 0.15) is 19.4 Å². The van der Waals surface area contributed by atoms with Crippen LogP contribution < -0.4 is 9.64 Å². The first kappa shape index (κ1) is 20.8. The van der Waals surface area contributed by atoms with Crippen LogP contribution in [0.4, 0.5) is 11.4 Å². The number of esters is 1. The number of rotatable bonds is 6. The Morgan fingerprint density at radius 2 is 1.77 bits per heavy atom. The number of methoxy groups -OCH3 is 1. The lowest BCUT2D eigenvalue weighted by atomic mass is 10.0. The third-order valence-electron chi connectivity index (χ3n) is 4.61. The fourth-order valence-electron chi connectivity index (χ4n) is 3.21. The number of amides is 1. The number of nitro benzene ring substituents is 1. The minimum Gasteiger partial charge on any atom is -0.494 e. The van der Waals surface area contributed by atoms with Gasteiger partial charge in [-0.2, -0.15) is 0 Å². The monoisotopic (exact) mass is 408 g/mol. The van der Waals surface area contributed by atoms with Gasteiger partial charge in [-0.15, -0.1) is 0 Å². The number of hydrogen-bond donors (Lipinski definition) is 0. The molecule has 2 aromatic carbocycles. The van der Waals surface area contributed by atoms with E-state index in [4.69, 9.17) is 9.47 Å². The van der Waals surface area contributed by atoms with Gasteiger partial charge in [-0.3, -0.25) is 19.8 Å². The van der Waals surface area contributed by atoms with E-state index in [9.17, 15) is 19.7 Å². The Hall–Kier alpha value is -3.94. The van der Waals surface area contributed by atoms with E-state index in [0.29, 0.717) is 29.3 Å². The van der Waals surface area contributed by atoms with Crippen molar-refractivity contribution in [2.75, 3.05) is 18.6 Å². The van der Waals surface area contributed by atoms with Gasteiger partial charge in [0.05, 0.1) is 29.8 Å². The quantitative estimate of drug-likeness (QED) is 0.311. The van der Waals surface area contributed by atoms with Gasteiger partial charge in [0.2, 0.25) is 0 Å². The minimum atomic E-state index is -0.637. The number of hydrogen-bond acceptors (Lipinski definition) is 6. The van der Waals surface area contributed by atoms with Gasteiger partial charge >= 0.3 is 5.97 Å². The molecule has 0 atom stereocenters. The van der Waals surface area contributed by atoms with Crippen LogP contribution in [0.3, 0.4) is 0 Å². The van der Waals surface area contributed by atoms with Gasteiger partial charge in [0.15, 0.2) is 0 Å². The van der Waals surface area contributed by atoms with E-state index in [1.165, 1.54) is 42.4 Å². The molecule has 3 rings (SSSR count). The van der Waals surface area contributed by atoms with Gasteiger partial charge < -0.3 is 9.47 Å². The van der Waals surface area contributed by atoms with E-state index >= 15 is 0 Å². The summed E-state index contributed by atoms with van der Waals surface area (Å²) in [6.45, 7) is 4.06. The zero-order valence-electron chi connectivity index (χ0n) is 16.7. The molecule has 0 saturated heterocycles. The van der Waals surface area contributed by atoms with Crippen LogP contribution in [0.15, 0.2) is 65.4 Å². The van der Waals surface area contributed by atoms with Gasteiger partial charge in [0.1, 0.15) is 5.75 Å². The molecule has 30 heavy (non-hydrogen) atoms. The molecule has 154 valence electrons. The number of carbonyl (C=O) groups excluding carboxylic acids is 2. The highest BCUT2D eigenvalue weighted by molar-refractivity contribution is 6.23. The average molecular weight is 408 g/mol. The van der Waals surface area contributed by atoms with E-state index in [2.05, 4.69) is 0 Å². The van der Waals surface area contributed by atoms with Gasteiger partial charge in [-0.25, -0.2) is 4.79 Å². The maximum Gasteiger partial charge on any atom is 0.340 e. The molecule has 0 N–H and O–H groups in total. The SMILES string of the molecule is CCOc1ccc(N2C(=O)/C(=C\c3ccc([N+](=O)[O-])cc3)C(C(=O)OC)=C2C)cc1. The normalized spacial score (nSPS) is 15.0. The van der Waals surface area contributed by atoms with Crippen LogP contribution in [-0.2, 0) is 14.3 Å². The topological polar surface area (TPSA) is 99.0 Å². The fourth-order valence-corrected chi connectivity index (χ4v) is 3.21. The van der Waals surface area contributed by atoms with Gasteiger partial charge in [-0.05, 0) is 61.9 Å². The fraction of sp³-hybridized carbons (Fsp3) is 0.182. The number of benzene rings is 2. The summed E-state index contributed by atoms with van der Waals surface area (Å²) in [5, 5.41) is 10.8. The van der Waals surface area contributed by atoms with E-state index in [0.717, 1.165) is 0 Å². The average Bonchev–Trinajstić information content (AvgIpc) is 2.98. The highest BCUT2D eigenvalue weighted by atomic mass is 16.6. The van der Waals surface area contributed by atoms with Crippen molar-refractivity contribution in [3.63, 3.8) is 0 Å². The molecule has 8 heteroatoms. The van der Waals surface area contributed by atoms with Crippen molar-refractivity contribution in [3.8, 4) is 5.75 Å². The van der Waals surface area contributed by atoms with Crippen molar-refractivity contribution in [1.82, 2.24) is 0 Å². The minimum absolute atomic E-state index is 0.0640. The summed E-state index contributed by atoms with van der Waals surface area (Å²) in [6, 6.07) is 12.7. The molecule has 8 nitrogen and oxygen atoms in total. The Morgan fingerprint density at radius 1 is 1.13 bits per heavy atom. The van der Waals surface area contributed by atoms with E-state index < -0.39 is 16.8 Å². The summed E-state index contributed by atoms with van der Waals surface area (Å²) < 4.78 is 10.3. The maximum atomic E-state index is 13.2. The summed E-state index contributed by atoms with van der Waals surface area (Å²) in [4.78, 5) is 37.4. The van der Waals surface area contributed by atoms with E-state index in [1.807, 2.05) is 6.92 Å². The van der Waals surface area contributed by atoms with Gasteiger partial charge in [0.25, 0.3) is 11.6 Å². The number of non-ortho nitro benzene ring substituents is 1. The summed E-state index contributed by atoms with van der Waals surface area (Å²) in [7, 11) is 1.25. The Bertz CT molecular complexity index is 1050. The van der Waals surface area contributed by atoms with Crippen LogP contribution in [-0.4, -0.2) is 30.5 Å². The second kappa shape index (κ2) is 8.60. The highest BCUT2D eigenvalue weighted by Gasteiger charge is 2.37. The summed E-state index contributed by atoms with van der Waals surface area (Å²) in [5.41, 5.74) is 1.80. The van der Waals surface area contributed by atoms with Gasteiger partial charge in [-0.1, -0.05) is 0 Å². The Kier molecular flexibility index (Phi) is 5.96. The third kappa shape index (κ3) is 3.93. The zero-order valence-corrected chi connectivity index (χ0v) is 16.7. The number of carbonyl (C=O) groups is 2. The van der Waals surface area contributed by atoms with Crippen LogP contribution >= 0.6 is 0 Å². The molecule has 2 aromatic rings. The number of nitrogens with zero attached hydrogens (tertiary/aromatic N) is 2. The maximum absolute atomic E-state index is 13.2. The van der Waals surface area contributed by atoms with Crippen LogP contribution in [0.5, 0.6) is 5.75 Å². The first-order valence-electron chi connectivity index (χ1n) is 9.20. The molecule has 0 spiro atoms. The Morgan fingerprint density at radius 3 is 2.30 bits per heavy atom. The molecule has 1 amide bonds. The molecule has 1 aliphatic heterocycles. The molecule has 0 bridgehead atoms. The lowest BCUT2D eigenvalue weighted by Crippen LogP contribution is -2.24. The zero-order chi connectivity index (χ0) is 21.8. The first-order valence-corrected chi connectivity index (χ1v) is 9.20. The second-order valence-corrected chi connectivity index (χ2v) is 6.43. The van der Waals surface area contributed by atoms with Crippen LogP contribution in [0.2, 0.25) is 0 Å². The lowest BCUT2D eigenvalue weighted by Gasteiger charge is -2.18. The summed E-state index contributed by atoms with van der Waals surface area (Å²) in [5.74, 6) is -0.359. The molecule has 0 unspecified atom stereocenters. The smallest absolute Gasteiger partial charge is 0.340 e. The van der Waals surface area contributed by atoms with Crippen molar-refractivity contribution in [2.24, 2.45) is 0 Å². The molecule has 0 radical (unpaired) electrons. The van der Waals surface area contributed by atoms with Gasteiger partial charge in [0, 0.05) is 23.5 Å².